The molecule has 1 aliphatic rings. The minimum atomic E-state index is -0.127. The quantitative estimate of drug-likeness (QED) is 0.688. The van der Waals surface area contributed by atoms with Crippen LogP contribution in [-0.4, -0.2) is 49.0 Å². The molecule has 0 saturated carbocycles. The first-order valence-electron chi connectivity index (χ1n) is 9.55. The zero-order valence-corrected chi connectivity index (χ0v) is 17.2. The van der Waals surface area contributed by atoms with Gasteiger partial charge >= 0.3 is 0 Å². The van der Waals surface area contributed by atoms with Gasteiger partial charge in [-0.3, -0.25) is 4.79 Å². The highest BCUT2D eigenvalue weighted by molar-refractivity contribution is 6.31. The molecule has 5 nitrogen and oxygen atoms in total. The number of benzene rings is 2. The Labute approximate surface area is 170 Å². The number of nitrogens with one attached hydrogen (secondary N) is 2. The molecule has 0 spiro atoms. The van der Waals surface area contributed by atoms with Gasteiger partial charge < -0.3 is 20.1 Å². The van der Waals surface area contributed by atoms with Crippen molar-refractivity contribution in [2.75, 3.05) is 43.4 Å². The summed E-state index contributed by atoms with van der Waals surface area (Å²) in [7, 11) is 2.13. The van der Waals surface area contributed by atoms with Crippen molar-refractivity contribution in [3.63, 3.8) is 0 Å². The Kier molecular flexibility index (Phi) is 5.04. The van der Waals surface area contributed by atoms with E-state index in [-0.39, 0.29) is 5.91 Å². The first-order valence-corrected chi connectivity index (χ1v) is 9.93. The fourth-order valence-electron chi connectivity index (χ4n) is 3.73. The molecule has 2 aromatic carbocycles. The summed E-state index contributed by atoms with van der Waals surface area (Å²) in [5.74, 6) is -0.127. The standard InChI is InChI=1S/C22H25ClN4O/c1-14-15(2)24-19-6-4-16(12-18(14)19)22(28)25-20-13-17(23)5-7-21(20)27-10-8-26(3)9-11-27/h4-7,12-13,24H,8-11H2,1-3H3,(H,25,28). The van der Waals surface area contributed by atoms with Gasteiger partial charge in [-0.2, -0.15) is 0 Å². The molecule has 0 unspecified atom stereocenters. The van der Waals surface area contributed by atoms with Gasteiger partial charge in [0.2, 0.25) is 0 Å². The summed E-state index contributed by atoms with van der Waals surface area (Å²) in [6.45, 7) is 7.96. The largest absolute Gasteiger partial charge is 0.367 e. The number of likely N-dealkylation sites (N-methyl/N-ethyl adjacent to an activating group) is 1. The molecule has 1 amide bonds. The van der Waals surface area contributed by atoms with Crippen molar-refractivity contribution in [2.45, 2.75) is 13.8 Å². The molecule has 0 radical (unpaired) electrons. The van der Waals surface area contributed by atoms with Crippen molar-refractivity contribution in [1.82, 2.24) is 9.88 Å². The van der Waals surface area contributed by atoms with Gasteiger partial charge in [0.1, 0.15) is 0 Å². The highest BCUT2D eigenvalue weighted by Crippen LogP contribution is 2.31. The van der Waals surface area contributed by atoms with Gasteiger partial charge in [0.25, 0.3) is 5.91 Å². The van der Waals surface area contributed by atoms with Crippen molar-refractivity contribution in [3.8, 4) is 0 Å². The predicted octanol–water partition coefficient (Wildman–Crippen LogP) is 4.44. The number of halogens is 1. The third-order valence-electron chi connectivity index (χ3n) is 5.62. The molecular weight excluding hydrogens is 372 g/mol. The number of aromatic amines is 1. The van der Waals surface area contributed by atoms with E-state index in [9.17, 15) is 4.79 Å². The average Bonchev–Trinajstić information content (AvgIpc) is 2.96. The molecule has 1 aliphatic heterocycles. The molecule has 1 aromatic heterocycles. The van der Waals surface area contributed by atoms with E-state index in [4.69, 9.17) is 11.6 Å². The Bertz CT molecular complexity index is 1030. The number of hydrogen-bond acceptors (Lipinski definition) is 3. The van der Waals surface area contributed by atoms with Crippen LogP contribution in [0.2, 0.25) is 5.02 Å². The fourth-order valence-corrected chi connectivity index (χ4v) is 3.90. The van der Waals surface area contributed by atoms with Gasteiger partial charge in [-0.05, 0) is 62.9 Å². The van der Waals surface area contributed by atoms with Crippen LogP contribution in [0.25, 0.3) is 10.9 Å². The van der Waals surface area contributed by atoms with Gasteiger partial charge in [0.15, 0.2) is 0 Å². The topological polar surface area (TPSA) is 51.4 Å². The minimum absolute atomic E-state index is 0.127. The number of hydrogen-bond donors (Lipinski definition) is 2. The van der Waals surface area contributed by atoms with Crippen LogP contribution in [-0.2, 0) is 0 Å². The number of rotatable bonds is 3. The number of nitrogens with zero attached hydrogens (tertiary/aromatic N) is 2. The number of fused-ring (bicyclic) bond motifs is 1. The van der Waals surface area contributed by atoms with Crippen LogP contribution >= 0.6 is 11.6 Å². The van der Waals surface area contributed by atoms with Crippen molar-refractivity contribution in [2.24, 2.45) is 0 Å². The van der Waals surface area contributed by atoms with Gasteiger partial charge in [-0.25, -0.2) is 0 Å². The molecule has 0 aliphatic carbocycles. The molecule has 2 heterocycles. The lowest BCUT2D eigenvalue weighted by molar-refractivity contribution is 0.102. The second-order valence-corrected chi connectivity index (χ2v) is 7.98. The molecule has 3 aromatic rings. The van der Waals surface area contributed by atoms with Crippen molar-refractivity contribution in [3.05, 3.63) is 58.2 Å². The summed E-state index contributed by atoms with van der Waals surface area (Å²) in [4.78, 5) is 20.9. The number of H-pyrrole nitrogens is 1. The summed E-state index contributed by atoms with van der Waals surface area (Å²) >= 11 is 6.23. The number of carbonyl (C=O) groups is 1. The van der Waals surface area contributed by atoms with Crippen molar-refractivity contribution >= 4 is 39.8 Å². The van der Waals surface area contributed by atoms with Gasteiger partial charge in [-0.1, -0.05) is 11.6 Å². The normalized spacial score (nSPS) is 15.2. The molecule has 4 rings (SSSR count). The lowest BCUT2D eigenvalue weighted by Gasteiger charge is -2.35. The number of carbonyl (C=O) groups excluding carboxylic acids is 1. The fraction of sp³-hybridized carbons (Fsp3) is 0.318. The maximum Gasteiger partial charge on any atom is 0.255 e. The Hall–Kier alpha value is -2.50. The molecule has 1 fully saturated rings. The molecule has 2 N–H and O–H groups in total. The maximum absolute atomic E-state index is 13.0. The highest BCUT2D eigenvalue weighted by atomic mass is 35.5. The Morgan fingerprint density at radius 3 is 2.57 bits per heavy atom. The predicted molar refractivity (Wildman–Crippen MR) is 117 cm³/mol. The zero-order chi connectivity index (χ0) is 19.8. The van der Waals surface area contributed by atoms with Crippen LogP contribution in [0.1, 0.15) is 21.6 Å². The van der Waals surface area contributed by atoms with Crippen LogP contribution in [0.4, 0.5) is 11.4 Å². The zero-order valence-electron chi connectivity index (χ0n) is 16.5. The van der Waals surface area contributed by atoms with E-state index in [1.165, 1.54) is 5.56 Å². The van der Waals surface area contributed by atoms with Crippen LogP contribution in [0.5, 0.6) is 0 Å². The first kappa shape index (κ1) is 18.8. The molecule has 28 heavy (non-hydrogen) atoms. The van der Waals surface area contributed by atoms with E-state index in [1.54, 1.807) is 0 Å². The second kappa shape index (κ2) is 7.49. The number of aryl methyl sites for hydroxylation is 2. The average molecular weight is 397 g/mol. The summed E-state index contributed by atoms with van der Waals surface area (Å²) in [5, 5.41) is 4.77. The Morgan fingerprint density at radius 2 is 1.82 bits per heavy atom. The van der Waals surface area contributed by atoms with E-state index in [2.05, 4.69) is 34.1 Å². The van der Waals surface area contributed by atoms with E-state index in [0.29, 0.717) is 10.6 Å². The molecule has 0 atom stereocenters. The number of piperazine rings is 1. The molecule has 1 saturated heterocycles. The molecule has 6 heteroatoms. The van der Waals surface area contributed by atoms with Gasteiger partial charge in [0, 0.05) is 53.4 Å². The van der Waals surface area contributed by atoms with Gasteiger partial charge in [-0.15, -0.1) is 0 Å². The third-order valence-corrected chi connectivity index (χ3v) is 5.86. The number of amides is 1. The van der Waals surface area contributed by atoms with E-state index < -0.39 is 0 Å². The Morgan fingerprint density at radius 1 is 1.07 bits per heavy atom. The molecular formula is C22H25ClN4O. The number of anilines is 2. The van der Waals surface area contributed by atoms with Crippen LogP contribution in [0, 0.1) is 13.8 Å². The van der Waals surface area contributed by atoms with Crippen LogP contribution < -0.4 is 10.2 Å². The monoisotopic (exact) mass is 396 g/mol. The van der Waals surface area contributed by atoms with Crippen LogP contribution in [0.3, 0.4) is 0 Å². The van der Waals surface area contributed by atoms with E-state index in [0.717, 1.165) is 54.2 Å². The molecule has 0 bridgehead atoms. The second-order valence-electron chi connectivity index (χ2n) is 7.54. The summed E-state index contributed by atoms with van der Waals surface area (Å²) in [5.41, 5.74) is 5.75. The summed E-state index contributed by atoms with van der Waals surface area (Å²) in [6, 6.07) is 11.5. The minimum Gasteiger partial charge on any atom is -0.367 e. The van der Waals surface area contributed by atoms with E-state index >= 15 is 0 Å². The van der Waals surface area contributed by atoms with E-state index in [1.807, 2.05) is 43.3 Å². The third kappa shape index (κ3) is 3.60. The smallest absolute Gasteiger partial charge is 0.255 e. The summed E-state index contributed by atoms with van der Waals surface area (Å²) in [6.07, 6.45) is 0. The first-order chi connectivity index (χ1) is 13.4. The number of aromatic nitrogens is 1. The SMILES string of the molecule is Cc1[nH]c2ccc(C(=O)Nc3cc(Cl)ccc3N3CCN(C)CC3)cc2c1C. The van der Waals surface area contributed by atoms with Crippen molar-refractivity contribution in [1.29, 1.82) is 0 Å². The lowest BCUT2D eigenvalue weighted by atomic mass is 10.1. The van der Waals surface area contributed by atoms with Crippen LogP contribution in [0.15, 0.2) is 36.4 Å². The lowest BCUT2D eigenvalue weighted by Crippen LogP contribution is -2.44. The Balaban J connectivity index is 1.62. The maximum atomic E-state index is 13.0. The van der Waals surface area contributed by atoms with Crippen molar-refractivity contribution < 1.29 is 4.79 Å². The molecule has 146 valence electrons. The summed E-state index contributed by atoms with van der Waals surface area (Å²) < 4.78 is 0. The highest BCUT2D eigenvalue weighted by Gasteiger charge is 2.19. The van der Waals surface area contributed by atoms with Gasteiger partial charge in [0.05, 0.1) is 11.4 Å².